The van der Waals surface area contributed by atoms with Gasteiger partial charge < -0.3 is 10.6 Å². The molecule has 0 aliphatic rings. The number of benzene rings is 2. The minimum absolute atomic E-state index is 0.156. The number of carbonyl (C=O) groups is 2. The average Bonchev–Trinajstić information content (AvgIpc) is 2.73. The maximum Gasteiger partial charge on any atom is 0.270 e. The number of nitrogens with one attached hydrogen (secondary N) is 2. The van der Waals surface area contributed by atoms with E-state index in [-0.39, 0.29) is 29.2 Å². The summed E-state index contributed by atoms with van der Waals surface area (Å²) in [6.07, 6.45) is 0. The van der Waals surface area contributed by atoms with E-state index in [4.69, 9.17) is 0 Å². The zero-order valence-corrected chi connectivity index (χ0v) is 15.1. The van der Waals surface area contributed by atoms with Crippen molar-refractivity contribution >= 4 is 11.8 Å². The zero-order valence-electron chi connectivity index (χ0n) is 15.1. The lowest BCUT2D eigenvalue weighted by Crippen LogP contribution is -2.29. The third kappa shape index (κ3) is 5.01. The van der Waals surface area contributed by atoms with Crippen molar-refractivity contribution in [2.24, 2.45) is 0 Å². The summed E-state index contributed by atoms with van der Waals surface area (Å²) >= 11 is 0. The molecular formula is C22H21N3O2. The molecule has 5 heteroatoms. The van der Waals surface area contributed by atoms with Crippen LogP contribution in [0.3, 0.4) is 0 Å². The molecule has 1 heterocycles. The van der Waals surface area contributed by atoms with Crippen molar-refractivity contribution in [3.63, 3.8) is 0 Å². The van der Waals surface area contributed by atoms with Crippen LogP contribution in [0.4, 0.5) is 0 Å². The summed E-state index contributed by atoms with van der Waals surface area (Å²) in [5.41, 5.74) is 2.43. The van der Waals surface area contributed by atoms with Gasteiger partial charge in [-0.05, 0) is 30.2 Å². The molecule has 0 aliphatic heterocycles. The van der Waals surface area contributed by atoms with E-state index in [0.29, 0.717) is 6.54 Å². The molecule has 0 saturated carbocycles. The van der Waals surface area contributed by atoms with Gasteiger partial charge in [-0.15, -0.1) is 0 Å². The molecule has 27 heavy (non-hydrogen) atoms. The van der Waals surface area contributed by atoms with Crippen molar-refractivity contribution in [3.05, 3.63) is 101 Å². The second kappa shape index (κ2) is 8.76. The summed E-state index contributed by atoms with van der Waals surface area (Å²) in [5, 5.41) is 5.72. The number of nitrogens with zero attached hydrogens (tertiary/aromatic N) is 1. The molecule has 136 valence electrons. The number of hydrogen-bond acceptors (Lipinski definition) is 3. The number of pyridine rings is 1. The van der Waals surface area contributed by atoms with Crippen molar-refractivity contribution in [3.8, 4) is 0 Å². The topological polar surface area (TPSA) is 71.1 Å². The van der Waals surface area contributed by atoms with Gasteiger partial charge in [0.05, 0.1) is 6.04 Å². The molecule has 5 nitrogen and oxygen atoms in total. The normalized spacial score (nSPS) is 11.4. The lowest BCUT2D eigenvalue weighted by Gasteiger charge is -2.14. The van der Waals surface area contributed by atoms with Crippen LogP contribution in [0.15, 0.2) is 78.9 Å². The Morgan fingerprint density at radius 1 is 0.815 bits per heavy atom. The number of aromatic nitrogens is 1. The van der Waals surface area contributed by atoms with Gasteiger partial charge in [-0.3, -0.25) is 9.59 Å². The Hall–Kier alpha value is -3.47. The smallest absolute Gasteiger partial charge is 0.270 e. The van der Waals surface area contributed by atoms with E-state index in [1.54, 1.807) is 18.2 Å². The van der Waals surface area contributed by atoms with Gasteiger partial charge in [-0.25, -0.2) is 4.98 Å². The Morgan fingerprint density at radius 2 is 1.41 bits per heavy atom. The van der Waals surface area contributed by atoms with Gasteiger partial charge in [0.15, 0.2) is 0 Å². The van der Waals surface area contributed by atoms with Crippen molar-refractivity contribution in [1.29, 1.82) is 0 Å². The molecular weight excluding hydrogens is 338 g/mol. The van der Waals surface area contributed by atoms with Gasteiger partial charge in [0.1, 0.15) is 11.4 Å². The highest BCUT2D eigenvalue weighted by Gasteiger charge is 2.15. The molecule has 0 saturated heterocycles. The summed E-state index contributed by atoms with van der Waals surface area (Å²) in [6, 6.07) is 24.0. The minimum atomic E-state index is -0.316. The monoisotopic (exact) mass is 359 g/mol. The van der Waals surface area contributed by atoms with E-state index in [2.05, 4.69) is 15.6 Å². The first kappa shape index (κ1) is 18.3. The van der Waals surface area contributed by atoms with Gasteiger partial charge in [0.2, 0.25) is 0 Å². The van der Waals surface area contributed by atoms with E-state index < -0.39 is 0 Å². The molecule has 0 spiro atoms. The molecule has 0 bridgehead atoms. The molecule has 1 unspecified atom stereocenters. The van der Waals surface area contributed by atoms with E-state index in [0.717, 1.165) is 11.1 Å². The summed E-state index contributed by atoms with van der Waals surface area (Å²) in [4.78, 5) is 29.0. The van der Waals surface area contributed by atoms with Gasteiger partial charge in [0.25, 0.3) is 11.8 Å². The first-order chi connectivity index (χ1) is 13.1. The number of amides is 2. The first-order valence-corrected chi connectivity index (χ1v) is 8.78. The van der Waals surface area contributed by atoms with Crippen LogP contribution in [0.1, 0.15) is 45.1 Å². The van der Waals surface area contributed by atoms with Crippen LogP contribution >= 0.6 is 0 Å². The zero-order chi connectivity index (χ0) is 19.1. The molecule has 0 fully saturated rings. The maximum atomic E-state index is 12.5. The van der Waals surface area contributed by atoms with Crippen LogP contribution in [0.25, 0.3) is 0 Å². The summed E-state index contributed by atoms with van der Waals surface area (Å²) in [5.74, 6) is -0.631. The standard InChI is InChI=1S/C22H21N3O2/c1-16(18-11-6-3-7-12-18)24-22(27)20-14-8-13-19(25-20)21(26)23-15-17-9-4-2-5-10-17/h2-14,16H,15H2,1H3,(H,23,26)(H,24,27). The first-order valence-electron chi connectivity index (χ1n) is 8.78. The van der Waals surface area contributed by atoms with Gasteiger partial charge >= 0.3 is 0 Å². The fourth-order valence-corrected chi connectivity index (χ4v) is 2.65. The quantitative estimate of drug-likeness (QED) is 0.708. The van der Waals surface area contributed by atoms with Crippen LogP contribution in [0.2, 0.25) is 0 Å². The maximum absolute atomic E-state index is 12.5. The Kier molecular flexibility index (Phi) is 5.94. The third-order valence-electron chi connectivity index (χ3n) is 4.16. The Labute approximate surface area is 158 Å². The van der Waals surface area contributed by atoms with Crippen molar-refractivity contribution in [2.45, 2.75) is 19.5 Å². The fourth-order valence-electron chi connectivity index (χ4n) is 2.65. The van der Waals surface area contributed by atoms with Crippen molar-refractivity contribution in [2.75, 3.05) is 0 Å². The molecule has 2 amide bonds. The number of carbonyl (C=O) groups excluding carboxylic acids is 2. The third-order valence-corrected chi connectivity index (χ3v) is 4.16. The van der Waals surface area contributed by atoms with Crippen LogP contribution in [-0.4, -0.2) is 16.8 Å². The Balaban J connectivity index is 1.64. The summed E-state index contributed by atoms with van der Waals surface area (Å²) < 4.78 is 0. The van der Waals surface area contributed by atoms with Crippen LogP contribution in [0.5, 0.6) is 0 Å². The highest BCUT2D eigenvalue weighted by molar-refractivity contribution is 5.96. The van der Waals surface area contributed by atoms with Crippen LogP contribution in [-0.2, 0) is 6.54 Å². The second-order valence-corrected chi connectivity index (χ2v) is 6.18. The Morgan fingerprint density at radius 3 is 2.07 bits per heavy atom. The van der Waals surface area contributed by atoms with Gasteiger partial charge in [-0.2, -0.15) is 0 Å². The molecule has 0 aliphatic carbocycles. The van der Waals surface area contributed by atoms with E-state index in [9.17, 15) is 9.59 Å². The molecule has 1 aromatic heterocycles. The minimum Gasteiger partial charge on any atom is -0.347 e. The largest absolute Gasteiger partial charge is 0.347 e. The molecule has 0 radical (unpaired) electrons. The lowest BCUT2D eigenvalue weighted by atomic mass is 10.1. The van der Waals surface area contributed by atoms with Gasteiger partial charge in [-0.1, -0.05) is 66.7 Å². The molecule has 3 aromatic rings. The predicted molar refractivity (Wildman–Crippen MR) is 104 cm³/mol. The summed E-state index contributed by atoms with van der Waals surface area (Å²) in [6.45, 7) is 2.31. The Bertz CT molecular complexity index is 911. The second-order valence-electron chi connectivity index (χ2n) is 6.18. The highest BCUT2D eigenvalue weighted by Crippen LogP contribution is 2.12. The molecule has 2 aromatic carbocycles. The average molecular weight is 359 g/mol. The van der Waals surface area contributed by atoms with Crippen LogP contribution in [0, 0.1) is 0 Å². The summed E-state index contributed by atoms with van der Waals surface area (Å²) in [7, 11) is 0. The van der Waals surface area contributed by atoms with Crippen LogP contribution < -0.4 is 10.6 Å². The molecule has 3 rings (SSSR count). The number of hydrogen-bond donors (Lipinski definition) is 2. The number of rotatable bonds is 6. The predicted octanol–water partition coefficient (Wildman–Crippen LogP) is 3.50. The van der Waals surface area contributed by atoms with Gasteiger partial charge in [0, 0.05) is 6.54 Å². The highest BCUT2D eigenvalue weighted by atomic mass is 16.2. The lowest BCUT2D eigenvalue weighted by molar-refractivity contribution is 0.0933. The van der Waals surface area contributed by atoms with Crippen molar-refractivity contribution < 1.29 is 9.59 Å². The fraction of sp³-hybridized carbons (Fsp3) is 0.136. The SMILES string of the molecule is CC(NC(=O)c1cccc(C(=O)NCc2ccccc2)n1)c1ccccc1. The van der Waals surface area contributed by atoms with E-state index in [1.807, 2.05) is 67.6 Å². The molecule has 1 atom stereocenters. The van der Waals surface area contributed by atoms with E-state index >= 15 is 0 Å². The van der Waals surface area contributed by atoms with E-state index in [1.165, 1.54) is 0 Å². The molecule has 2 N–H and O–H groups in total. The van der Waals surface area contributed by atoms with Crippen molar-refractivity contribution in [1.82, 2.24) is 15.6 Å².